The second kappa shape index (κ2) is 8.15. The van der Waals surface area contributed by atoms with Crippen molar-refractivity contribution < 1.29 is 4.74 Å². The van der Waals surface area contributed by atoms with Gasteiger partial charge in [-0.25, -0.2) is 0 Å². The van der Waals surface area contributed by atoms with E-state index in [0.717, 1.165) is 23.3 Å². The SMILES string of the molecule is CC(CCS)CCOCc1ccc(Br)cc1. The summed E-state index contributed by atoms with van der Waals surface area (Å²) in [5.74, 6) is 1.68. The zero-order valence-electron chi connectivity index (χ0n) is 9.66. The van der Waals surface area contributed by atoms with Gasteiger partial charge in [-0.3, -0.25) is 0 Å². The molecular weight excluding hydrogens is 284 g/mol. The Bertz CT molecular complexity index is 286. The summed E-state index contributed by atoms with van der Waals surface area (Å²) < 4.78 is 6.75. The van der Waals surface area contributed by atoms with Crippen molar-refractivity contribution in [2.24, 2.45) is 5.92 Å². The summed E-state index contributed by atoms with van der Waals surface area (Å²) in [6.45, 7) is 3.80. The highest BCUT2D eigenvalue weighted by Gasteiger charge is 2.00. The molecule has 0 aliphatic rings. The van der Waals surface area contributed by atoms with Crippen LogP contribution >= 0.6 is 28.6 Å². The minimum Gasteiger partial charge on any atom is -0.377 e. The zero-order valence-corrected chi connectivity index (χ0v) is 12.1. The van der Waals surface area contributed by atoms with Crippen LogP contribution < -0.4 is 0 Å². The summed E-state index contributed by atoms with van der Waals surface area (Å²) in [6, 6.07) is 8.26. The van der Waals surface area contributed by atoms with E-state index in [2.05, 4.69) is 47.6 Å². The van der Waals surface area contributed by atoms with E-state index >= 15 is 0 Å². The van der Waals surface area contributed by atoms with E-state index in [1.165, 1.54) is 12.0 Å². The van der Waals surface area contributed by atoms with Gasteiger partial charge in [0.25, 0.3) is 0 Å². The molecule has 1 rings (SSSR count). The molecule has 0 bridgehead atoms. The predicted octanol–water partition coefficient (Wildman–Crippen LogP) is 4.31. The van der Waals surface area contributed by atoms with Crippen molar-refractivity contribution in [3.05, 3.63) is 34.3 Å². The molecule has 0 radical (unpaired) electrons. The van der Waals surface area contributed by atoms with Gasteiger partial charge in [-0.1, -0.05) is 35.0 Å². The van der Waals surface area contributed by atoms with E-state index < -0.39 is 0 Å². The van der Waals surface area contributed by atoms with Crippen molar-refractivity contribution in [3.8, 4) is 0 Å². The lowest BCUT2D eigenvalue weighted by molar-refractivity contribution is 0.109. The second-order valence-corrected chi connectivity index (χ2v) is 5.45. The van der Waals surface area contributed by atoms with Crippen LogP contribution in [0.1, 0.15) is 25.3 Å². The first-order valence-electron chi connectivity index (χ1n) is 5.65. The van der Waals surface area contributed by atoms with Gasteiger partial charge in [0, 0.05) is 11.1 Å². The van der Waals surface area contributed by atoms with Crippen molar-refractivity contribution in [3.63, 3.8) is 0 Å². The minimum absolute atomic E-state index is 0.709. The van der Waals surface area contributed by atoms with Gasteiger partial charge >= 0.3 is 0 Å². The van der Waals surface area contributed by atoms with Crippen molar-refractivity contribution in [2.75, 3.05) is 12.4 Å². The Balaban J connectivity index is 2.13. The Hall–Kier alpha value is 0.01000. The van der Waals surface area contributed by atoms with Crippen LogP contribution in [0.15, 0.2) is 28.7 Å². The molecule has 0 fully saturated rings. The predicted molar refractivity (Wildman–Crippen MR) is 76.0 cm³/mol. The van der Waals surface area contributed by atoms with E-state index in [4.69, 9.17) is 4.74 Å². The zero-order chi connectivity index (χ0) is 11.8. The van der Waals surface area contributed by atoms with Gasteiger partial charge in [0.2, 0.25) is 0 Å². The molecule has 0 aliphatic carbocycles. The van der Waals surface area contributed by atoms with Gasteiger partial charge in [0.1, 0.15) is 0 Å². The normalized spacial score (nSPS) is 12.7. The van der Waals surface area contributed by atoms with Crippen molar-refractivity contribution in [2.45, 2.75) is 26.4 Å². The van der Waals surface area contributed by atoms with Gasteiger partial charge < -0.3 is 4.74 Å². The Morgan fingerprint density at radius 2 is 1.94 bits per heavy atom. The molecule has 1 atom stereocenters. The molecule has 0 spiro atoms. The average molecular weight is 303 g/mol. The quantitative estimate of drug-likeness (QED) is 0.583. The summed E-state index contributed by atoms with van der Waals surface area (Å²) in [5, 5.41) is 0. The largest absolute Gasteiger partial charge is 0.377 e. The van der Waals surface area contributed by atoms with E-state index in [-0.39, 0.29) is 0 Å². The highest BCUT2D eigenvalue weighted by atomic mass is 79.9. The van der Waals surface area contributed by atoms with Crippen molar-refractivity contribution >= 4 is 28.6 Å². The smallest absolute Gasteiger partial charge is 0.0716 e. The van der Waals surface area contributed by atoms with Crippen LogP contribution in [0.4, 0.5) is 0 Å². The highest BCUT2D eigenvalue weighted by Crippen LogP contribution is 2.12. The van der Waals surface area contributed by atoms with Crippen molar-refractivity contribution in [1.29, 1.82) is 0 Å². The van der Waals surface area contributed by atoms with Crippen LogP contribution in [-0.4, -0.2) is 12.4 Å². The Kier molecular flexibility index (Phi) is 7.17. The third-order valence-corrected chi connectivity index (χ3v) is 3.35. The van der Waals surface area contributed by atoms with Crippen molar-refractivity contribution in [1.82, 2.24) is 0 Å². The van der Waals surface area contributed by atoms with Gasteiger partial charge in [0.05, 0.1) is 6.61 Å². The van der Waals surface area contributed by atoms with Crippen LogP contribution in [-0.2, 0) is 11.3 Å². The average Bonchev–Trinajstić information content (AvgIpc) is 2.27. The number of hydrogen-bond donors (Lipinski definition) is 1. The first-order chi connectivity index (χ1) is 7.72. The lowest BCUT2D eigenvalue weighted by Gasteiger charge is -2.10. The molecule has 3 heteroatoms. The molecule has 0 amide bonds. The molecule has 90 valence electrons. The van der Waals surface area contributed by atoms with Gasteiger partial charge in [-0.05, 0) is 42.2 Å². The topological polar surface area (TPSA) is 9.23 Å². The molecule has 1 unspecified atom stereocenters. The first-order valence-corrected chi connectivity index (χ1v) is 7.08. The van der Waals surface area contributed by atoms with Gasteiger partial charge in [-0.2, -0.15) is 12.6 Å². The lowest BCUT2D eigenvalue weighted by Crippen LogP contribution is -2.02. The third-order valence-electron chi connectivity index (χ3n) is 2.56. The minimum atomic E-state index is 0.709. The maximum atomic E-state index is 5.64. The van der Waals surface area contributed by atoms with Crippen LogP contribution in [0.3, 0.4) is 0 Å². The molecule has 0 aromatic heterocycles. The first kappa shape index (κ1) is 14.1. The molecule has 1 aromatic rings. The summed E-state index contributed by atoms with van der Waals surface area (Å²) in [4.78, 5) is 0. The van der Waals surface area contributed by atoms with Crippen LogP contribution in [0.2, 0.25) is 0 Å². The Morgan fingerprint density at radius 1 is 1.25 bits per heavy atom. The van der Waals surface area contributed by atoms with Crippen LogP contribution in [0.25, 0.3) is 0 Å². The fraction of sp³-hybridized carbons (Fsp3) is 0.538. The van der Waals surface area contributed by atoms with E-state index in [1.54, 1.807) is 0 Å². The number of benzene rings is 1. The number of halogens is 1. The van der Waals surface area contributed by atoms with E-state index in [9.17, 15) is 0 Å². The molecule has 16 heavy (non-hydrogen) atoms. The van der Waals surface area contributed by atoms with Crippen LogP contribution in [0.5, 0.6) is 0 Å². The summed E-state index contributed by atoms with van der Waals surface area (Å²) in [7, 11) is 0. The number of ether oxygens (including phenoxy) is 1. The Labute approximate surface area is 112 Å². The second-order valence-electron chi connectivity index (χ2n) is 4.09. The molecular formula is C13H19BrOS. The fourth-order valence-electron chi connectivity index (χ4n) is 1.42. The number of rotatable bonds is 7. The molecule has 1 nitrogen and oxygen atoms in total. The number of hydrogen-bond acceptors (Lipinski definition) is 2. The van der Waals surface area contributed by atoms with Gasteiger partial charge in [-0.15, -0.1) is 0 Å². The summed E-state index contributed by atoms with van der Waals surface area (Å²) in [6.07, 6.45) is 2.29. The molecule has 0 saturated heterocycles. The summed E-state index contributed by atoms with van der Waals surface area (Å²) >= 11 is 7.64. The highest BCUT2D eigenvalue weighted by molar-refractivity contribution is 9.10. The molecule has 0 N–H and O–H groups in total. The van der Waals surface area contributed by atoms with E-state index in [0.29, 0.717) is 12.5 Å². The molecule has 0 aliphatic heterocycles. The molecule has 0 heterocycles. The fourth-order valence-corrected chi connectivity index (χ4v) is 2.12. The molecule has 1 aromatic carbocycles. The molecule has 0 saturated carbocycles. The third kappa shape index (κ3) is 5.92. The summed E-state index contributed by atoms with van der Waals surface area (Å²) in [5.41, 5.74) is 1.23. The standard InChI is InChI=1S/C13H19BrOS/c1-11(7-9-16)6-8-15-10-12-2-4-13(14)5-3-12/h2-5,11,16H,6-10H2,1H3. The van der Waals surface area contributed by atoms with E-state index in [1.807, 2.05) is 12.1 Å². The van der Waals surface area contributed by atoms with Crippen LogP contribution in [0, 0.1) is 5.92 Å². The maximum absolute atomic E-state index is 5.64. The lowest BCUT2D eigenvalue weighted by atomic mass is 10.1. The van der Waals surface area contributed by atoms with Gasteiger partial charge in [0.15, 0.2) is 0 Å². The number of thiol groups is 1. The maximum Gasteiger partial charge on any atom is 0.0716 e. The monoisotopic (exact) mass is 302 g/mol. The Morgan fingerprint density at radius 3 is 2.56 bits per heavy atom.